The minimum absolute atomic E-state index is 0.102. The topological polar surface area (TPSA) is 56.5 Å². The summed E-state index contributed by atoms with van der Waals surface area (Å²) in [6.07, 6.45) is 4.67. The summed E-state index contributed by atoms with van der Waals surface area (Å²) in [5.74, 6) is 0.560. The first kappa shape index (κ1) is 14.7. The van der Waals surface area contributed by atoms with Crippen LogP contribution in [0.25, 0.3) is 0 Å². The highest BCUT2D eigenvalue weighted by molar-refractivity contribution is 5.48. The van der Waals surface area contributed by atoms with Crippen LogP contribution in [-0.2, 0) is 0 Å². The Balaban J connectivity index is 2.27. The van der Waals surface area contributed by atoms with Gasteiger partial charge in [-0.1, -0.05) is 25.0 Å². The maximum atomic E-state index is 10.3. The summed E-state index contributed by atoms with van der Waals surface area (Å²) in [7, 11) is 0. The van der Waals surface area contributed by atoms with Crippen LogP contribution in [0.3, 0.4) is 0 Å². The number of phenolic OH excluding ortho intramolecular Hbond substituents is 1. The fourth-order valence-electron chi connectivity index (χ4n) is 2.73. The average molecular weight is 274 g/mol. The first-order valence-corrected chi connectivity index (χ1v) is 7.36. The molecule has 1 aliphatic heterocycles. The lowest BCUT2D eigenvalue weighted by molar-refractivity contribution is 0.239. The Hall–Kier alpha value is -1.73. The lowest BCUT2D eigenvalue weighted by atomic mass is 10.0. The first-order chi connectivity index (χ1) is 9.77. The summed E-state index contributed by atoms with van der Waals surface area (Å²) in [6.45, 7) is 4.20. The second-order valence-electron chi connectivity index (χ2n) is 5.11. The van der Waals surface area contributed by atoms with Gasteiger partial charge in [0.05, 0.1) is 12.7 Å². The van der Waals surface area contributed by atoms with Gasteiger partial charge >= 0.3 is 0 Å². The Morgan fingerprint density at radius 1 is 1.30 bits per heavy atom. The van der Waals surface area contributed by atoms with E-state index in [9.17, 15) is 10.4 Å². The van der Waals surface area contributed by atoms with E-state index in [1.54, 1.807) is 6.07 Å². The molecule has 1 fully saturated rings. The first-order valence-electron chi connectivity index (χ1n) is 7.36. The van der Waals surface area contributed by atoms with Crippen molar-refractivity contribution in [2.24, 2.45) is 0 Å². The lowest BCUT2D eigenvalue weighted by Crippen LogP contribution is -2.29. The summed E-state index contributed by atoms with van der Waals surface area (Å²) in [4.78, 5) is 2.16. The summed E-state index contributed by atoms with van der Waals surface area (Å²) in [5, 5.41) is 19.8. The Kier molecular flexibility index (Phi) is 5.25. The van der Waals surface area contributed by atoms with Crippen molar-refractivity contribution < 1.29 is 9.84 Å². The van der Waals surface area contributed by atoms with Gasteiger partial charge in [-0.2, -0.15) is 5.26 Å². The van der Waals surface area contributed by atoms with E-state index in [-0.39, 0.29) is 5.75 Å². The van der Waals surface area contributed by atoms with E-state index in [1.165, 1.54) is 12.8 Å². The highest BCUT2D eigenvalue weighted by Gasteiger charge is 2.24. The molecule has 108 valence electrons. The molecule has 1 aromatic carbocycles. The number of phenols is 1. The third-order valence-electron chi connectivity index (χ3n) is 3.75. The molecule has 1 aromatic rings. The van der Waals surface area contributed by atoms with E-state index < -0.39 is 6.04 Å². The maximum Gasteiger partial charge on any atom is 0.163 e. The average Bonchev–Trinajstić information content (AvgIpc) is 2.73. The second kappa shape index (κ2) is 7.16. The number of ether oxygens (including phenoxy) is 1. The van der Waals surface area contributed by atoms with Crippen molar-refractivity contribution in [3.05, 3.63) is 23.8 Å². The monoisotopic (exact) mass is 274 g/mol. The Morgan fingerprint density at radius 2 is 2.00 bits per heavy atom. The molecule has 0 radical (unpaired) electrons. The van der Waals surface area contributed by atoms with Gasteiger partial charge in [0.2, 0.25) is 0 Å². The van der Waals surface area contributed by atoms with Gasteiger partial charge in [0.1, 0.15) is 6.04 Å². The molecule has 0 bridgehead atoms. The summed E-state index contributed by atoms with van der Waals surface area (Å²) in [5.41, 5.74) is 0.653. The molecular formula is C16H22N2O2. The molecule has 1 heterocycles. The van der Waals surface area contributed by atoms with Gasteiger partial charge in [-0.25, -0.2) is 0 Å². The van der Waals surface area contributed by atoms with Crippen molar-refractivity contribution >= 4 is 0 Å². The molecule has 4 heteroatoms. The van der Waals surface area contributed by atoms with E-state index >= 15 is 0 Å². The zero-order valence-electron chi connectivity index (χ0n) is 12.0. The minimum atomic E-state index is -0.395. The minimum Gasteiger partial charge on any atom is -0.504 e. The molecule has 1 aliphatic rings. The Morgan fingerprint density at radius 3 is 2.60 bits per heavy atom. The molecule has 0 spiro atoms. The smallest absolute Gasteiger partial charge is 0.163 e. The maximum absolute atomic E-state index is 10.3. The molecule has 0 amide bonds. The lowest BCUT2D eigenvalue weighted by Gasteiger charge is -2.26. The number of benzene rings is 1. The van der Waals surface area contributed by atoms with Gasteiger partial charge in [-0.3, -0.25) is 4.90 Å². The molecule has 1 N–H and O–H groups in total. The number of hydrogen-bond acceptors (Lipinski definition) is 4. The molecule has 4 nitrogen and oxygen atoms in total. The third-order valence-corrected chi connectivity index (χ3v) is 3.75. The number of para-hydroxylation sites is 1. The number of nitrogens with zero attached hydrogens (tertiary/aromatic N) is 2. The van der Waals surface area contributed by atoms with E-state index in [1.807, 2.05) is 19.1 Å². The largest absolute Gasteiger partial charge is 0.504 e. The highest BCUT2D eigenvalue weighted by atomic mass is 16.5. The number of rotatable bonds is 4. The number of nitriles is 1. The zero-order valence-corrected chi connectivity index (χ0v) is 12.0. The van der Waals surface area contributed by atoms with Gasteiger partial charge in [-0.05, 0) is 38.9 Å². The van der Waals surface area contributed by atoms with Gasteiger partial charge in [0, 0.05) is 5.56 Å². The molecule has 0 aromatic heterocycles. The van der Waals surface area contributed by atoms with Crippen LogP contribution in [-0.4, -0.2) is 29.7 Å². The molecule has 1 unspecified atom stereocenters. The highest BCUT2D eigenvalue weighted by Crippen LogP contribution is 2.36. The third kappa shape index (κ3) is 3.23. The van der Waals surface area contributed by atoms with Gasteiger partial charge < -0.3 is 9.84 Å². The molecule has 0 saturated carbocycles. The van der Waals surface area contributed by atoms with Crippen LogP contribution < -0.4 is 4.74 Å². The van der Waals surface area contributed by atoms with Crippen LogP contribution in [0, 0.1) is 11.3 Å². The molecule has 20 heavy (non-hydrogen) atoms. The molecule has 2 rings (SSSR count). The van der Waals surface area contributed by atoms with Crippen LogP contribution in [0.5, 0.6) is 11.5 Å². The number of likely N-dealkylation sites (tertiary alicyclic amines) is 1. The van der Waals surface area contributed by atoms with E-state index in [2.05, 4.69) is 11.0 Å². The quantitative estimate of drug-likeness (QED) is 0.915. The number of aromatic hydroxyl groups is 1. The van der Waals surface area contributed by atoms with Crippen molar-refractivity contribution in [2.45, 2.75) is 38.6 Å². The summed E-state index contributed by atoms with van der Waals surface area (Å²) >= 11 is 0. The normalized spacial score (nSPS) is 18.0. The second-order valence-corrected chi connectivity index (χ2v) is 5.11. The molecule has 1 atom stereocenters. The van der Waals surface area contributed by atoms with Crippen molar-refractivity contribution in [1.29, 1.82) is 5.26 Å². The fraction of sp³-hybridized carbons (Fsp3) is 0.562. The predicted octanol–water partition coefficient (Wildman–Crippen LogP) is 3.23. The van der Waals surface area contributed by atoms with Crippen molar-refractivity contribution in [2.75, 3.05) is 19.7 Å². The molecular weight excluding hydrogens is 252 g/mol. The zero-order chi connectivity index (χ0) is 14.4. The predicted molar refractivity (Wildman–Crippen MR) is 77.7 cm³/mol. The fourth-order valence-corrected chi connectivity index (χ4v) is 2.73. The number of hydrogen-bond donors (Lipinski definition) is 1. The molecule has 1 saturated heterocycles. The van der Waals surface area contributed by atoms with Crippen molar-refractivity contribution in [3.8, 4) is 17.6 Å². The SMILES string of the molecule is CCOc1cccc(C(C#N)N2CCCCCC2)c1O. The van der Waals surface area contributed by atoms with E-state index in [0.29, 0.717) is 17.9 Å². The van der Waals surface area contributed by atoms with Crippen LogP contribution >= 0.6 is 0 Å². The Labute approximate surface area is 120 Å². The summed E-state index contributed by atoms with van der Waals surface area (Å²) in [6, 6.07) is 7.33. The van der Waals surface area contributed by atoms with Crippen LogP contribution in [0.1, 0.15) is 44.2 Å². The van der Waals surface area contributed by atoms with Gasteiger partial charge in [0.15, 0.2) is 11.5 Å². The van der Waals surface area contributed by atoms with E-state index in [0.717, 1.165) is 25.9 Å². The van der Waals surface area contributed by atoms with Crippen molar-refractivity contribution in [3.63, 3.8) is 0 Å². The Bertz CT molecular complexity index is 474. The van der Waals surface area contributed by atoms with Crippen LogP contribution in [0.4, 0.5) is 0 Å². The van der Waals surface area contributed by atoms with Crippen LogP contribution in [0.2, 0.25) is 0 Å². The van der Waals surface area contributed by atoms with Crippen LogP contribution in [0.15, 0.2) is 18.2 Å². The standard InChI is InChI=1S/C16H22N2O2/c1-2-20-15-9-7-8-13(16(15)19)14(12-17)18-10-5-3-4-6-11-18/h7-9,14,19H,2-6,10-11H2,1H3. The van der Waals surface area contributed by atoms with Crippen molar-refractivity contribution in [1.82, 2.24) is 4.90 Å². The van der Waals surface area contributed by atoms with Gasteiger partial charge in [0.25, 0.3) is 0 Å². The summed E-state index contributed by atoms with van der Waals surface area (Å²) < 4.78 is 5.41. The molecule has 0 aliphatic carbocycles. The van der Waals surface area contributed by atoms with E-state index in [4.69, 9.17) is 4.74 Å². The van der Waals surface area contributed by atoms with Gasteiger partial charge in [-0.15, -0.1) is 0 Å².